The van der Waals surface area contributed by atoms with Crippen LogP contribution >= 0.6 is 0 Å². The SMILES string of the molecule is C=C/C=C\C=C\n1c2c(c3cnccc31)-c1ccccc1N(c1cccc(-n3c4c(c5ccccc53)-c3ccccc3N(c3ccccc3)c3ccccc3-4)c1)c1ccccc1-2. The smallest absolute Gasteiger partial charge is 0.0641 e. The van der Waals surface area contributed by atoms with E-state index in [1.807, 2.05) is 24.5 Å². The Kier molecular flexibility index (Phi) is 8.25. The Morgan fingerprint density at radius 3 is 1.68 bits per heavy atom. The minimum atomic E-state index is 1.06. The van der Waals surface area contributed by atoms with Gasteiger partial charge in [-0.2, -0.15) is 0 Å². The van der Waals surface area contributed by atoms with E-state index in [-0.39, 0.29) is 0 Å². The highest BCUT2D eigenvalue weighted by atomic mass is 15.2. The number of fused-ring (bicyclic) bond motifs is 14. The minimum absolute atomic E-state index is 1.06. The van der Waals surface area contributed by atoms with Crippen LogP contribution in [-0.4, -0.2) is 14.1 Å². The first kappa shape index (κ1) is 35.5. The number of aromatic nitrogens is 3. The van der Waals surface area contributed by atoms with Crippen LogP contribution in [0.5, 0.6) is 0 Å². The molecule has 5 heterocycles. The lowest BCUT2D eigenvalue weighted by Crippen LogP contribution is -2.12. The second-order valence-electron chi connectivity index (χ2n) is 15.6. The molecule has 2 aliphatic rings. The van der Waals surface area contributed by atoms with Crippen LogP contribution in [-0.2, 0) is 0 Å². The molecule has 0 radical (unpaired) electrons. The van der Waals surface area contributed by atoms with Crippen LogP contribution in [0.15, 0.2) is 225 Å². The van der Waals surface area contributed by atoms with Gasteiger partial charge in [0.1, 0.15) is 0 Å². The highest BCUT2D eigenvalue weighted by Gasteiger charge is 2.33. The van der Waals surface area contributed by atoms with Gasteiger partial charge in [-0.15, -0.1) is 0 Å². The van der Waals surface area contributed by atoms with Gasteiger partial charge in [-0.25, -0.2) is 0 Å². The second-order valence-corrected chi connectivity index (χ2v) is 15.6. The molecule has 10 aromatic rings. The molecule has 2 aliphatic heterocycles. The Morgan fingerprint density at radius 2 is 0.968 bits per heavy atom. The third-order valence-corrected chi connectivity index (χ3v) is 12.3. The Balaban J connectivity index is 1.12. The largest absolute Gasteiger partial charge is 0.315 e. The lowest BCUT2D eigenvalue weighted by atomic mass is 9.98. The van der Waals surface area contributed by atoms with E-state index in [1.54, 1.807) is 6.08 Å². The van der Waals surface area contributed by atoms with Crippen LogP contribution in [0.25, 0.3) is 78.5 Å². The first-order chi connectivity index (χ1) is 30.8. The fourth-order valence-electron chi connectivity index (χ4n) is 9.83. The number of benzene rings is 7. The van der Waals surface area contributed by atoms with Crippen molar-refractivity contribution in [1.82, 2.24) is 14.1 Å². The number of pyridine rings is 1. The molecule has 12 rings (SSSR count). The van der Waals surface area contributed by atoms with E-state index < -0.39 is 0 Å². The van der Waals surface area contributed by atoms with Gasteiger partial charge in [-0.05, 0) is 72.8 Å². The summed E-state index contributed by atoms with van der Waals surface area (Å²) in [5.41, 5.74) is 19.3. The molecule has 5 heteroatoms. The molecule has 0 saturated carbocycles. The normalized spacial score (nSPS) is 12.7. The van der Waals surface area contributed by atoms with Gasteiger partial charge >= 0.3 is 0 Å². The average Bonchev–Trinajstić information content (AvgIpc) is 3.76. The molecular weight excluding hydrogens is 755 g/mol. The summed E-state index contributed by atoms with van der Waals surface area (Å²) in [6.45, 7) is 3.87. The standard InChI is InChI=1S/C57H39N5/c1-2-3-4-18-36-59-48-34-35-58-38-47(48)55-43-25-9-14-30-50(43)61(52-32-16-11-27-45(52)56(55)59)40-22-19-23-41(37-40)62-51-31-15-10-26-44(51)54-42-24-8-13-29-49(42)60(39-20-6-5-7-21-39)53-33-17-12-28-46(53)57(54)62/h2-38H,1H2/b4-3-,36-18+. The maximum Gasteiger partial charge on any atom is 0.0641 e. The molecule has 292 valence electrons. The number of para-hydroxylation sites is 6. The van der Waals surface area contributed by atoms with Gasteiger partial charge in [0.25, 0.3) is 0 Å². The molecule has 0 atom stereocenters. The molecule has 0 spiro atoms. The van der Waals surface area contributed by atoms with E-state index in [0.717, 1.165) is 78.6 Å². The van der Waals surface area contributed by atoms with Gasteiger partial charge in [-0.3, -0.25) is 4.98 Å². The zero-order chi connectivity index (χ0) is 41.1. The third-order valence-electron chi connectivity index (χ3n) is 12.3. The van der Waals surface area contributed by atoms with Crippen LogP contribution in [0, 0.1) is 0 Å². The van der Waals surface area contributed by atoms with Gasteiger partial charge < -0.3 is 18.9 Å². The molecular formula is C57H39N5. The molecule has 0 unspecified atom stereocenters. The molecule has 0 amide bonds. The van der Waals surface area contributed by atoms with Crippen LogP contribution in [0.2, 0.25) is 0 Å². The van der Waals surface area contributed by atoms with Crippen LogP contribution in [0.3, 0.4) is 0 Å². The number of nitrogens with zero attached hydrogens (tertiary/aromatic N) is 5. The fourth-order valence-corrected chi connectivity index (χ4v) is 9.83. The van der Waals surface area contributed by atoms with E-state index in [2.05, 4.69) is 225 Å². The molecule has 0 aliphatic carbocycles. The topological polar surface area (TPSA) is 29.2 Å². The van der Waals surface area contributed by atoms with Gasteiger partial charge in [0.2, 0.25) is 0 Å². The number of allylic oxidation sites excluding steroid dienone is 4. The number of hydrogen-bond donors (Lipinski definition) is 0. The zero-order valence-corrected chi connectivity index (χ0v) is 33.8. The first-order valence-electron chi connectivity index (χ1n) is 21.0. The average molecular weight is 794 g/mol. The van der Waals surface area contributed by atoms with Gasteiger partial charge in [-0.1, -0.05) is 140 Å². The highest BCUT2D eigenvalue weighted by molar-refractivity contribution is 6.14. The highest BCUT2D eigenvalue weighted by Crippen LogP contribution is 2.56. The maximum absolute atomic E-state index is 4.66. The summed E-state index contributed by atoms with van der Waals surface area (Å²) in [4.78, 5) is 9.51. The number of anilines is 6. The lowest BCUT2D eigenvalue weighted by molar-refractivity contribution is 1.13. The van der Waals surface area contributed by atoms with Crippen molar-refractivity contribution < 1.29 is 0 Å². The van der Waals surface area contributed by atoms with Crippen molar-refractivity contribution in [3.05, 3.63) is 225 Å². The van der Waals surface area contributed by atoms with Crippen molar-refractivity contribution in [3.8, 4) is 50.5 Å². The van der Waals surface area contributed by atoms with Crippen molar-refractivity contribution in [3.63, 3.8) is 0 Å². The Morgan fingerprint density at radius 1 is 0.419 bits per heavy atom. The molecule has 0 bridgehead atoms. The summed E-state index contributed by atoms with van der Waals surface area (Å²) < 4.78 is 4.79. The molecule has 0 fully saturated rings. The van der Waals surface area contributed by atoms with E-state index >= 15 is 0 Å². The van der Waals surface area contributed by atoms with E-state index in [1.165, 1.54) is 27.8 Å². The summed E-state index contributed by atoms with van der Waals surface area (Å²) in [5.74, 6) is 0. The molecule has 62 heavy (non-hydrogen) atoms. The van der Waals surface area contributed by atoms with Crippen molar-refractivity contribution in [2.75, 3.05) is 9.80 Å². The van der Waals surface area contributed by atoms with Crippen molar-refractivity contribution >= 4 is 62.1 Å². The quantitative estimate of drug-likeness (QED) is 0.157. The number of hydrogen-bond acceptors (Lipinski definition) is 3. The number of rotatable bonds is 6. The van der Waals surface area contributed by atoms with Gasteiger partial charge in [0.05, 0.1) is 45.2 Å². The van der Waals surface area contributed by atoms with Crippen molar-refractivity contribution in [1.29, 1.82) is 0 Å². The summed E-state index contributed by atoms with van der Waals surface area (Å²) in [6.07, 6.45) is 13.9. The molecule has 0 N–H and O–H groups in total. The fraction of sp³-hybridized carbons (Fsp3) is 0. The van der Waals surface area contributed by atoms with E-state index in [0.29, 0.717) is 0 Å². The summed E-state index contributed by atoms with van der Waals surface area (Å²) in [5, 5.41) is 2.31. The van der Waals surface area contributed by atoms with Crippen LogP contribution < -0.4 is 9.80 Å². The third kappa shape index (κ3) is 5.32. The zero-order valence-electron chi connectivity index (χ0n) is 33.8. The van der Waals surface area contributed by atoms with Gasteiger partial charge in [0.15, 0.2) is 0 Å². The van der Waals surface area contributed by atoms with Gasteiger partial charge in [0, 0.05) is 79.8 Å². The first-order valence-corrected chi connectivity index (χ1v) is 21.0. The van der Waals surface area contributed by atoms with E-state index in [4.69, 9.17) is 0 Å². The predicted molar refractivity (Wildman–Crippen MR) is 259 cm³/mol. The Bertz CT molecular complexity index is 3460. The molecule has 3 aromatic heterocycles. The van der Waals surface area contributed by atoms with Crippen LogP contribution in [0.1, 0.15) is 0 Å². The monoisotopic (exact) mass is 793 g/mol. The molecule has 5 nitrogen and oxygen atoms in total. The van der Waals surface area contributed by atoms with E-state index in [9.17, 15) is 0 Å². The van der Waals surface area contributed by atoms with Crippen molar-refractivity contribution in [2.45, 2.75) is 0 Å². The maximum atomic E-state index is 4.66. The predicted octanol–water partition coefficient (Wildman–Crippen LogP) is 15.4. The summed E-state index contributed by atoms with van der Waals surface area (Å²) in [6, 6.07) is 66.0. The summed E-state index contributed by atoms with van der Waals surface area (Å²) >= 11 is 0. The van der Waals surface area contributed by atoms with Crippen LogP contribution in [0.4, 0.5) is 34.1 Å². The lowest BCUT2D eigenvalue weighted by Gasteiger charge is -2.28. The molecule has 7 aromatic carbocycles. The van der Waals surface area contributed by atoms with Crippen molar-refractivity contribution in [2.24, 2.45) is 0 Å². The Hall–Kier alpha value is -8.41. The second kappa shape index (κ2) is 14.4. The Labute approximate surface area is 360 Å². The molecule has 0 saturated heterocycles. The minimum Gasteiger partial charge on any atom is -0.315 e. The summed E-state index contributed by atoms with van der Waals surface area (Å²) in [7, 11) is 0.